The number of hydrogen-bond donors (Lipinski definition) is 0. The standard InChI is InChI=1S/C23H21N3O3S/c1-14(26-22(28)16-8-2-3-9-17(16)23(26)29)21(27)25-12-6-7-15(13-25)20-24-18-10-4-5-11-19(18)30-20/h2-5,8-11,14-15H,6-7,12-13H2,1H3/t14-,15-/m0/s1. The molecular weight excluding hydrogens is 398 g/mol. The van der Waals surface area contributed by atoms with Crippen molar-refractivity contribution in [3.63, 3.8) is 0 Å². The molecule has 3 amide bonds. The molecule has 0 bridgehead atoms. The van der Waals surface area contributed by atoms with Gasteiger partial charge in [0, 0.05) is 19.0 Å². The van der Waals surface area contributed by atoms with Crippen LogP contribution in [-0.4, -0.2) is 51.6 Å². The highest BCUT2D eigenvalue weighted by atomic mass is 32.1. The molecule has 0 N–H and O–H groups in total. The first-order chi connectivity index (χ1) is 14.5. The summed E-state index contributed by atoms with van der Waals surface area (Å²) in [4.78, 5) is 46.4. The first-order valence-corrected chi connectivity index (χ1v) is 11.0. The van der Waals surface area contributed by atoms with Gasteiger partial charge in [-0.3, -0.25) is 19.3 Å². The highest BCUT2D eigenvalue weighted by molar-refractivity contribution is 7.18. The number of thiazole rings is 1. The van der Waals surface area contributed by atoms with Gasteiger partial charge in [0.05, 0.1) is 26.4 Å². The fraction of sp³-hybridized carbons (Fsp3) is 0.304. The Labute approximate surface area is 178 Å². The van der Waals surface area contributed by atoms with Crippen molar-refractivity contribution in [3.8, 4) is 0 Å². The molecule has 3 aromatic rings. The van der Waals surface area contributed by atoms with E-state index < -0.39 is 17.9 Å². The quantitative estimate of drug-likeness (QED) is 0.607. The second-order valence-corrected chi connectivity index (χ2v) is 8.91. The van der Waals surface area contributed by atoms with Crippen LogP contribution in [0.25, 0.3) is 10.2 Å². The number of nitrogens with zero attached hydrogens (tertiary/aromatic N) is 3. The fourth-order valence-electron chi connectivity index (χ4n) is 4.38. The van der Waals surface area contributed by atoms with Gasteiger partial charge in [0.25, 0.3) is 11.8 Å². The van der Waals surface area contributed by atoms with E-state index in [0.717, 1.165) is 33.0 Å². The third-order valence-electron chi connectivity index (χ3n) is 5.96. The van der Waals surface area contributed by atoms with Crippen molar-refractivity contribution in [1.82, 2.24) is 14.8 Å². The molecule has 0 saturated carbocycles. The minimum Gasteiger partial charge on any atom is -0.340 e. The van der Waals surface area contributed by atoms with E-state index >= 15 is 0 Å². The van der Waals surface area contributed by atoms with Gasteiger partial charge in [-0.1, -0.05) is 24.3 Å². The van der Waals surface area contributed by atoms with E-state index in [1.165, 1.54) is 0 Å². The number of aromatic nitrogens is 1. The van der Waals surface area contributed by atoms with Gasteiger partial charge in [-0.15, -0.1) is 11.3 Å². The van der Waals surface area contributed by atoms with Crippen molar-refractivity contribution in [3.05, 3.63) is 64.7 Å². The van der Waals surface area contributed by atoms with E-state index in [4.69, 9.17) is 4.98 Å². The summed E-state index contributed by atoms with van der Waals surface area (Å²) in [5, 5.41) is 1.04. The number of imide groups is 1. The first kappa shape index (κ1) is 18.9. The van der Waals surface area contributed by atoms with Crippen molar-refractivity contribution < 1.29 is 14.4 Å². The van der Waals surface area contributed by atoms with Crippen LogP contribution in [0.4, 0.5) is 0 Å². The molecule has 0 aliphatic carbocycles. The van der Waals surface area contributed by atoms with Crippen LogP contribution in [0.15, 0.2) is 48.5 Å². The molecule has 30 heavy (non-hydrogen) atoms. The van der Waals surface area contributed by atoms with Gasteiger partial charge < -0.3 is 4.90 Å². The lowest BCUT2D eigenvalue weighted by atomic mass is 9.98. The number of carbonyl (C=O) groups is 3. The van der Waals surface area contributed by atoms with Gasteiger partial charge in [-0.05, 0) is 44.0 Å². The number of benzene rings is 2. The summed E-state index contributed by atoms with van der Waals surface area (Å²) in [5.74, 6) is -0.794. The Bertz CT molecular complexity index is 1100. The van der Waals surface area contributed by atoms with Gasteiger partial charge in [-0.25, -0.2) is 4.98 Å². The van der Waals surface area contributed by atoms with Crippen LogP contribution in [0.3, 0.4) is 0 Å². The molecular formula is C23H21N3O3S. The predicted octanol–water partition coefficient (Wildman–Crippen LogP) is 3.69. The van der Waals surface area contributed by atoms with Crippen molar-refractivity contribution >= 4 is 39.3 Å². The molecule has 2 aliphatic heterocycles. The molecule has 2 aliphatic rings. The molecule has 0 unspecified atom stereocenters. The number of para-hydroxylation sites is 1. The molecule has 7 heteroatoms. The number of likely N-dealkylation sites (tertiary alicyclic amines) is 1. The van der Waals surface area contributed by atoms with E-state index in [2.05, 4.69) is 6.07 Å². The summed E-state index contributed by atoms with van der Waals surface area (Å²) in [5.41, 5.74) is 1.72. The lowest BCUT2D eigenvalue weighted by Gasteiger charge is -2.35. The average molecular weight is 420 g/mol. The highest BCUT2D eigenvalue weighted by Gasteiger charge is 2.42. The predicted molar refractivity (Wildman–Crippen MR) is 115 cm³/mol. The molecule has 1 aromatic heterocycles. The summed E-state index contributed by atoms with van der Waals surface area (Å²) in [6.07, 6.45) is 1.85. The number of piperidine rings is 1. The van der Waals surface area contributed by atoms with Crippen LogP contribution in [-0.2, 0) is 4.79 Å². The minimum absolute atomic E-state index is 0.175. The second kappa shape index (κ2) is 7.32. The SMILES string of the molecule is C[C@@H](C(=O)N1CCC[C@H](c2nc3ccccc3s2)C1)N1C(=O)c2ccccc2C1=O. The number of carbonyl (C=O) groups excluding carboxylic acids is 3. The molecule has 152 valence electrons. The van der Waals surface area contributed by atoms with Crippen LogP contribution in [0, 0.1) is 0 Å². The zero-order valence-electron chi connectivity index (χ0n) is 16.6. The third kappa shape index (κ3) is 3.01. The van der Waals surface area contributed by atoms with E-state index in [1.807, 2.05) is 18.2 Å². The van der Waals surface area contributed by atoms with Crippen molar-refractivity contribution in [1.29, 1.82) is 0 Å². The smallest absolute Gasteiger partial charge is 0.262 e. The molecule has 1 fully saturated rings. The lowest BCUT2D eigenvalue weighted by Crippen LogP contribution is -2.51. The second-order valence-electron chi connectivity index (χ2n) is 7.85. The number of amides is 3. The topological polar surface area (TPSA) is 70.6 Å². The van der Waals surface area contributed by atoms with Crippen LogP contribution in [0.1, 0.15) is 51.4 Å². The first-order valence-electron chi connectivity index (χ1n) is 10.2. The Balaban J connectivity index is 1.34. The van der Waals surface area contributed by atoms with Crippen LogP contribution < -0.4 is 0 Å². The molecule has 6 nitrogen and oxygen atoms in total. The summed E-state index contributed by atoms with van der Waals surface area (Å²) in [6.45, 7) is 2.84. The highest BCUT2D eigenvalue weighted by Crippen LogP contribution is 2.33. The lowest BCUT2D eigenvalue weighted by molar-refractivity contribution is -0.136. The average Bonchev–Trinajstić information content (AvgIpc) is 3.32. The molecule has 5 rings (SSSR count). The van der Waals surface area contributed by atoms with Gasteiger partial charge in [0.2, 0.25) is 5.91 Å². The largest absolute Gasteiger partial charge is 0.340 e. The molecule has 2 atom stereocenters. The maximum Gasteiger partial charge on any atom is 0.262 e. The summed E-state index contributed by atoms with van der Waals surface area (Å²) < 4.78 is 1.15. The Morgan fingerprint density at radius 2 is 1.73 bits per heavy atom. The number of rotatable bonds is 3. The van der Waals surface area contributed by atoms with Crippen molar-refractivity contribution in [2.24, 2.45) is 0 Å². The maximum absolute atomic E-state index is 13.2. The Morgan fingerprint density at radius 3 is 2.43 bits per heavy atom. The molecule has 0 radical (unpaired) electrons. The summed E-state index contributed by atoms with van der Waals surface area (Å²) in [7, 11) is 0. The van der Waals surface area contributed by atoms with E-state index in [-0.39, 0.29) is 11.8 Å². The Hall–Kier alpha value is -3.06. The molecule has 3 heterocycles. The third-order valence-corrected chi connectivity index (χ3v) is 7.16. The molecule has 1 saturated heterocycles. The van der Waals surface area contributed by atoms with Gasteiger partial charge in [-0.2, -0.15) is 0 Å². The molecule has 2 aromatic carbocycles. The normalized spacial score (nSPS) is 20.0. The monoisotopic (exact) mass is 419 g/mol. The van der Waals surface area contributed by atoms with Crippen LogP contribution >= 0.6 is 11.3 Å². The van der Waals surface area contributed by atoms with Gasteiger partial charge in [0.15, 0.2) is 0 Å². The number of fused-ring (bicyclic) bond motifs is 2. The fourth-order valence-corrected chi connectivity index (χ4v) is 5.47. The Morgan fingerprint density at radius 1 is 1.07 bits per heavy atom. The maximum atomic E-state index is 13.2. The minimum atomic E-state index is -0.827. The zero-order valence-corrected chi connectivity index (χ0v) is 17.4. The Kier molecular flexibility index (Phi) is 4.62. The van der Waals surface area contributed by atoms with Gasteiger partial charge in [0.1, 0.15) is 6.04 Å². The van der Waals surface area contributed by atoms with Crippen LogP contribution in [0.5, 0.6) is 0 Å². The zero-order chi connectivity index (χ0) is 20.8. The van der Waals surface area contributed by atoms with Crippen molar-refractivity contribution in [2.75, 3.05) is 13.1 Å². The van der Waals surface area contributed by atoms with Crippen molar-refractivity contribution in [2.45, 2.75) is 31.7 Å². The van der Waals surface area contributed by atoms with Crippen LogP contribution in [0.2, 0.25) is 0 Å². The van der Waals surface area contributed by atoms with E-state index in [9.17, 15) is 14.4 Å². The molecule has 0 spiro atoms. The number of hydrogen-bond acceptors (Lipinski definition) is 5. The van der Waals surface area contributed by atoms with E-state index in [0.29, 0.717) is 24.2 Å². The van der Waals surface area contributed by atoms with Gasteiger partial charge >= 0.3 is 0 Å². The summed E-state index contributed by atoms with van der Waals surface area (Å²) in [6, 6.07) is 14.0. The summed E-state index contributed by atoms with van der Waals surface area (Å²) >= 11 is 1.68. The van der Waals surface area contributed by atoms with E-state index in [1.54, 1.807) is 47.4 Å².